The number of benzene rings is 3. The lowest BCUT2D eigenvalue weighted by Crippen LogP contribution is -2.22. The predicted molar refractivity (Wildman–Crippen MR) is 128 cm³/mol. The van der Waals surface area contributed by atoms with E-state index in [1.54, 1.807) is 43.3 Å². The molecule has 4 N–H and O–H groups in total. The average molecular weight is 490 g/mol. The van der Waals surface area contributed by atoms with Gasteiger partial charge in [-0.1, -0.05) is 17.7 Å². The zero-order valence-electron chi connectivity index (χ0n) is 16.9. The van der Waals surface area contributed by atoms with Crippen molar-refractivity contribution >= 4 is 56.6 Å². The van der Waals surface area contributed by atoms with Crippen LogP contribution < -0.4 is 15.8 Å². The average Bonchev–Trinajstić information content (AvgIpc) is 2.74. The van der Waals surface area contributed by atoms with Crippen molar-refractivity contribution in [1.29, 1.82) is 0 Å². The van der Waals surface area contributed by atoms with Crippen molar-refractivity contribution in [1.82, 2.24) is 0 Å². The summed E-state index contributed by atoms with van der Waals surface area (Å²) >= 11 is 7.26. The molecule has 166 valence electrons. The molecule has 7 nitrogen and oxygen atoms in total. The van der Waals surface area contributed by atoms with Gasteiger partial charge in [0.25, 0.3) is 5.91 Å². The second kappa shape index (κ2) is 10.2. The molecule has 0 aliphatic carbocycles. The molecule has 0 fully saturated rings. The van der Waals surface area contributed by atoms with Crippen LogP contribution in [0, 0.1) is 0 Å². The number of carbonyl (C=O) groups excluding carboxylic acids is 2. The third-order valence-corrected chi connectivity index (χ3v) is 6.61. The number of primary sulfonamides is 1. The van der Waals surface area contributed by atoms with Gasteiger partial charge in [0.15, 0.2) is 0 Å². The van der Waals surface area contributed by atoms with Gasteiger partial charge < -0.3 is 10.6 Å². The lowest BCUT2D eigenvalue weighted by Gasteiger charge is -2.13. The van der Waals surface area contributed by atoms with E-state index in [1.165, 1.54) is 36.0 Å². The van der Waals surface area contributed by atoms with Gasteiger partial charge in [-0.25, -0.2) is 13.6 Å². The second-order valence-corrected chi connectivity index (χ2v) is 10.2. The molecular formula is C22H20ClN3O4S2. The Morgan fingerprint density at radius 3 is 2.12 bits per heavy atom. The number of rotatable bonds is 7. The Bertz CT molecular complexity index is 1230. The van der Waals surface area contributed by atoms with Crippen LogP contribution >= 0.6 is 23.4 Å². The molecule has 2 amide bonds. The fraction of sp³-hybridized carbons (Fsp3) is 0.0909. The van der Waals surface area contributed by atoms with Gasteiger partial charge in [0.1, 0.15) is 0 Å². The minimum absolute atomic E-state index is 0.0273. The molecule has 0 aliphatic rings. The third kappa shape index (κ3) is 6.57. The largest absolute Gasteiger partial charge is 0.325 e. The van der Waals surface area contributed by atoms with Crippen LogP contribution in [0.5, 0.6) is 0 Å². The molecule has 1 atom stereocenters. The van der Waals surface area contributed by atoms with Gasteiger partial charge in [-0.15, -0.1) is 11.8 Å². The highest BCUT2D eigenvalue weighted by molar-refractivity contribution is 8.00. The number of thioether (sulfide) groups is 1. The SMILES string of the molecule is CC(Sc1ccc(NC(=O)c2cccc(Cl)c2)cc1)C(=O)Nc1ccc(S(N)(=O)=O)cc1. The summed E-state index contributed by atoms with van der Waals surface area (Å²) in [5.74, 6) is -0.509. The van der Waals surface area contributed by atoms with E-state index in [2.05, 4.69) is 10.6 Å². The lowest BCUT2D eigenvalue weighted by atomic mass is 10.2. The van der Waals surface area contributed by atoms with Crippen LogP contribution in [0.15, 0.2) is 82.6 Å². The Balaban J connectivity index is 1.56. The Kier molecular flexibility index (Phi) is 7.57. The smallest absolute Gasteiger partial charge is 0.255 e. The maximum Gasteiger partial charge on any atom is 0.255 e. The van der Waals surface area contributed by atoms with Gasteiger partial charge in [0, 0.05) is 26.9 Å². The molecule has 0 aliphatic heterocycles. The molecule has 0 heterocycles. The summed E-state index contributed by atoms with van der Waals surface area (Å²) in [6.45, 7) is 1.76. The van der Waals surface area contributed by atoms with E-state index in [0.717, 1.165) is 4.90 Å². The van der Waals surface area contributed by atoms with Crippen molar-refractivity contribution in [3.63, 3.8) is 0 Å². The summed E-state index contributed by atoms with van der Waals surface area (Å²) in [6, 6.07) is 19.4. The van der Waals surface area contributed by atoms with Gasteiger partial charge in [0.2, 0.25) is 15.9 Å². The van der Waals surface area contributed by atoms with E-state index in [9.17, 15) is 18.0 Å². The van der Waals surface area contributed by atoms with Crippen molar-refractivity contribution in [2.75, 3.05) is 10.6 Å². The molecule has 3 aromatic carbocycles. The van der Waals surface area contributed by atoms with Gasteiger partial charge in [-0.3, -0.25) is 9.59 Å². The maximum atomic E-state index is 12.5. The number of hydrogen-bond acceptors (Lipinski definition) is 5. The second-order valence-electron chi connectivity index (χ2n) is 6.81. The van der Waals surface area contributed by atoms with Crippen LogP contribution in [0.1, 0.15) is 17.3 Å². The zero-order valence-corrected chi connectivity index (χ0v) is 19.3. The molecule has 0 saturated carbocycles. The minimum atomic E-state index is -3.78. The highest BCUT2D eigenvalue weighted by Crippen LogP contribution is 2.26. The normalized spacial score (nSPS) is 12.1. The molecule has 32 heavy (non-hydrogen) atoms. The number of halogens is 1. The first-order valence-electron chi connectivity index (χ1n) is 9.39. The van der Waals surface area contributed by atoms with E-state index >= 15 is 0 Å². The number of amides is 2. The van der Waals surface area contributed by atoms with Crippen molar-refractivity contribution in [3.8, 4) is 0 Å². The van der Waals surface area contributed by atoms with Gasteiger partial charge in [-0.2, -0.15) is 0 Å². The highest BCUT2D eigenvalue weighted by Gasteiger charge is 2.15. The van der Waals surface area contributed by atoms with Crippen LogP contribution in [0.4, 0.5) is 11.4 Å². The summed E-state index contributed by atoms with van der Waals surface area (Å²) in [5.41, 5.74) is 1.54. The molecule has 0 radical (unpaired) electrons. The van der Waals surface area contributed by atoms with Crippen LogP contribution in [-0.2, 0) is 14.8 Å². The van der Waals surface area contributed by atoms with Crippen LogP contribution in [0.3, 0.4) is 0 Å². The first kappa shape index (κ1) is 23.8. The van der Waals surface area contributed by atoms with Crippen LogP contribution in [-0.4, -0.2) is 25.5 Å². The monoisotopic (exact) mass is 489 g/mol. The number of hydrogen-bond donors (Lipinski definition) is 3. The maximum absolute atomic E-state index is 12.5. The topological polar surface area (TPSA) is 118 Å². The van der Waals surface area contributed by atoms with E-state index in [-0.39, 0.29) is 16.7 Å². The quantitative estimate of drug-likeness (QED) is 0.426. The molecule has 0 aromatic heterocycles. The number of nitrogens with one attached hydrogen (secondary N) is 2. The van der Waals surface area contributed by atoms with Gasteiger partial charge in [-0.05, 0) is 73.7 Å². The van der Waals surface area contributed by atoms with Crippen LogP contribution in [0.25, 0.3) is 0 Å². The summed E-state index contributed by atoms with van der Waals surface area (Å²) < 4.78 is 22.6. The van der Waals surface area contributed by atoms with E-state index in [0.29, 0.717) is 22.0 Å². The standard InChI is InChI=1S/C22H20ClN3O4S2/c1-14(21(27)25-18-7-11-20(12-8-18)32(24,29)30)31-19-9-5-17(6-10-19)26-22(28)15-3-2-4-16(23)13-15/h2-14H,1H3,(H,25,27)(H,26,28)(H2,24,29,30). The molecule has 10 heteroatoms. The predicted octanol–water partition coefficient (Wildman–Crippen LogP) is 4.36. The van der Waals surface area contributed by atoms with Gasteiger partial charge >= 0.3 is 0 Å². The fourth-order valence-electron chi connectivity index (χ4n) is 2.68. The summed E-state index contributed by atoms with van der Waals surface area (Å²) in [7, 11) is -3.78. The molecule has 0 spiro atoms. The number of nitrogens with two attached hydrogens (primary N) is 1. The van der Waals surface area contributed by atoms with Crippen molar-refractivity contribution in [2.24, 2.45) is 5.14 Å². The first-order valence-corrected chi connectivity index (χ1v) is 12.2. The Hall–Kier alpha value is -2.85. The molecule has 3 rings (SSSR count). The molecular weight excluding hydrogens is 470 g/mol. The molecule has 3 aromatic rings. The van der Waals surface area contributed by atoms with Crippen molar-refractivity contribution < 1.29 is 18.0 Å². The number of carbonyl (C=O) groups is 2. The molecule has 0 bridgehead atoms. The summed E-state index contributed by atoms with van der Waals surface area (Å²) in [5, 5.41) is 10.7. The van der Waals surface area contributed by atoms with E-state index in [1.807, 2.05) is 12.1 Å². The highest BCUT2D eigenvalue weighted by atomic mass is 35.5. The van der Waals surface area contributed by atoms with Gasteiger partial charge in [0.05, 0.1) is 10.1 Å². The van der Waals surface area contributed by atoms with Crippen LogP contribution in [0.2, 0.25) is 5.02 Å². The lowest BCUT2D eigenvalue weighted by molar-refractivity contribution is -0.115. The molecule has 1 unspecified atom stereocenters. The summed E-state index contributed by atoms with van der Waals surface area (Å²) in [4.78, 5) is 25.6. The van der Waals surface area contributed by atoms with E-state index in [4.69, 9.17) is 16.7 Å². The Morgan fingerprint density at radius 2 is 1.53 bits per heavy atom. The van der Waals surface area contributed by atoms with E-state index < -0.39 is 15.3 Å². The van der Waals surface area contributed by atoms with Crippen molar-refractivity contribution in [2.45, 2.75) is 22.0 Å². The molecule has 0 saturated heterocycles. The summed E-state index contributed by atoms with van der Waals surface area (Å²) in [6.07, 6.45) is 0. The number of anilines is 2. The fourth-order valence-corrected chi connectivity index (χ4v) is 4.25. The number of sulfonamides is 1. The zero-order chi connectivity index (χ0) is 23.3. The third-order valence-electron chi connectivity index (χ3n) is 4.33. The minimum Gasteiger partial charge on any atom is -0.325 e. The Labute approximate surface area is 195 Å². The van der Waals surface area contributed by atoms with Crippen molar-refractivity contribution in [3.05, 3.63) is 83.4 Å². The first-order chi connectivity index (χ1) is 15.1. The Morgan fingerprint density at radius 1 is 0.938 bits per heavy atom.